The fraction of sp³-hybridized carbons (Fsp3) is 0. The summed E-state index contributed by atoms with van der Waals surface area (Å²) in [6.45, 7) is 0. The predicted molar refractivity (Wildman–Crippen MR) is 105 cm³/mol. The zero-order valence-corrected chi connectivity index (χ0v) is 14.8. The van der Waals surface area contributed by atoms with Crippen molar-refractivity contribution < 1.29 is 0 Å². The van der Waals surface area contributed by atoms with Crippen LogP contribution in [0, 0.1) is 0 Å². The van der Waals surface area contributed by atoms with Gasteiger partial charge in [-0.3, -0.25) is 4.98 Å². The largest absolute Gasteiger partial charge is 0.337 e. The third-order valence-corrected chi connectivity index (χ3v) is 4.19. The van der Waals surface area contributed by atoms with Gasteiger partial charge in [0, 0.05) is 16.6 Å². The van der Waals surface area contributed by atoms with Crippen molar-refractivity contribution in [2.45, 2.75) is 0 Å². The molecule has 2 aromatic heterocycles. The van der Waals surface area contributed by atoms with E-state index in [-0.39, 0.29) is 0 Å². The smallest absolute Gasteiger partial charge is 0.249 e. The number of pyridine rings is 1. The summed E-state index contributed by atoms with van der Waals surface area (Å²) in [5.74, 6) is 0.825. The summed E-state index contributed by atoms with van der Waals surface area (Å²) < 4.78 is 0. The lowest BCUT2D eigenvalue weighted by Gasteiger charge is -2.10. The highest BCUT2D eigenvalue weighted by Crippen LogP contribution is 2.28. The van der Waals surface area contributed by atoms with E-state index in [9.17, 15) is 0 Å². The van der Waals surface area contributed by atoms with E-state index in [0.717, 1.165) is 16.6 Å². The summed E-state index contributed by atoms with van der Waals surface area (Å²) in [6.07, 6.45) is 3.28. The van der Waals surface area contributed by atoms with Crippen molar-refractivity contribution >= 4 is 57.2 Å². The van der Waals surface area contributed by atoms with Gasteiger partial charge in [0.05, 0.1) is 28.1 Å². The van der Waals surface area contributed by atoms with Gasteiger partial charge in [0.1, 0.15) is 0 Å². The van der Waals surface area contributed by atoms with Crippen LogP contribution >= 0.6 is 23.2 Å². The van der Waals surface area contributed by atoms with Gasteiger partial charge in [-0.15, -0.1) is 5.10 Å². The average Bonchev–Trinajstić information content (AvgIpc) is 2.65. The molecule has 0 unspecified atom stereocenters. The maximum Gasteiger partial charge on any atom is 0.249 e. The Morgan fingerprint density at radius 2 is 1.77 bits per heavy atom. The molecule has 0 amide bonds. The van der Waals surface area contributed by atoms with Crippen LogP contribution in [0.1, 0.15) is 0 Å². The lowest BCUT2D eigenvalue weighted by atomic mass is 10.2. The number of nitrogens with one attached hydrogen (secondary N) is 2. The second-order valence-corrected chi connectivity index (χ2v) is 6.26. The Kier molecular flexibility index (Phi) is 4.51. The summed E-state index contributed by atoms with van der Waals surface area (Å²) in [4.78, 5) is 8.83. The average molecular weight is 383 g/mol. The zero-order chi connectivity index (χ0) is 17.9. The molecule has 2 N–H and O–H groups in total. The highest BCUT2D eigenvalue weighted by atomic mass is 35.5. The quantitative estimate of drug-likeness (QED) is 0.504. The fourth-order valence-electron chi connectivity index (χ4n) is 2.47. The molecule has 128 valence electrons. The van der Waals surface area contributed by atoms with Crippen molar-refractivity contribution in [3.63, 3.8) is 0 Å². The molecule has 0 aliphatic heterocycles. The number of hydrogen-bond donors (Lipinski definition) is 2. The first-order valence-corrected chi connectivity index (χ1v) is 8.47. The Morgan fingerprint density at radius 3 is 2.69 bits per heavy atom. The standard InChI is InChI=1S/C18H12Cl2N6/c19-12-6-7-13(20)15(9-12)24-18-25-16(10-22-26-18)23-14-5-1-3-11-4-2-8-21-17(11)14/h1-10H,(H2,23,24,25,26). The molecule has 26 heavy (non-hydrogen) atoms. The van der Waals surface area contributed by atoms with Crippen LogP contribution in [0.2, 0.25) is 10.0 Å². The van der Waals surface area contributed by atoms with Gasteiger partial charge in [0.15, 0.2) is 5.82 Å². The number of fused-ring (bicyclic) bond motifs is 1. The van der Waals surface area contributed by atoms with Crippen LogP contribution < -0.4 is 10.6 Å². The van der Waals surface area contributed by atoms with Gasteiger partial charge in [0.2, 0.25) is 5.95 Å². The second-order valence-electron chi connectivity index (χ2n) is 5.42. The lowest BCUT2D eigenvalue weighted by Crippen LogP contribution is -2.03. The summed E-state index contributed by atoms with van der Waals surface area (Å²) in [6, 6.07) is 14.9. The Bertz CT molecular complexity index is 1080. The Hall–Kier alpha value is -2.96. The minimum atomic E-state index is 0.298. The normalized spacial score (nSPS) is 10.7. The fourth-order valence-corrected chi connectivity index (χ4v) is 2.81. The van der Waals surface area contributed by atoms with E-state index >= 15 is 0 Å². The maximum atomic E-state index is 6.16. The minimum Gasteiger partial charge on any atom is -0.337 e. The summed E-state index contributed by atoms with van der Waals surface area (Å²) in [5, 5.41) is 16.3. The van der Waals surface area contributed by atoms with Crippen LogP contribution in [0.4, 0.5) is 23.1 Å². The maximum absolute atomic E-state index is 6.16. The first kappa shape index (κ1) is 16.5. The van der Waals surface area contributed by atoms with Gasteiger partial charge in [-0.25, -0.2) is 0 Å². The highest BCUT2D eigenvalue weighted by molar-refractivity contribution is 6.35. The van der Waals surface area contributed by atoms with Gasteiger partial charge < -0.3 is 10.6 Å². The van der Waals surface area contributed by atoms with Crippen molar-refractivity contribution in [3.05, 3.63) is 71.0 Å². The number of benzene rings is 2. The number of anilines is 4. The molecule has 0 aliphatic rings. The van der Waals surface area contributed by atoms with E-state index < -0.39 is 0 Å². The number of hydrogen-bond acceptors (Lipinski definition) is 6. The van der Waals surface area contributed by atoms with Crippen LogP contribution in [0.25, 0.3) is 10.9 Å². The van der Waals surface area contributed by atoms with Gasteiger partial charge >= 0.3 is 0 Å². The van der Waals surface area contributed by atoms with Crippen LogP contribution in [-0.4, -0.2) is 20.2 Å². The first-order valence-electron chi connectivity index (χ1n) is 7.71. The summed E-state index contributed by atoms with van der Waals surface area (Å²) in [7, 11) is 0. The highest BCUT2D eigenvalue weighted by Gasteiger charge is 2.07. The molecule has 0 aliphatic carbocycles. The molecule has 0 radical (unpaired) electrons. The molecule has 2 aromatic carbocycles. The SMILES string of the molecule is Clc1ccc(Cl)c(Nc2nncc(Nc3cccc4cccnc34)n2)c1. The third kappa shape index (κ3) is 3.51. The van der Waals surface area contributed by atoms with Crippen LogP contribution in [0.3, 0.4) is 0 Å². The summed E-state index contributed by atoms with van der Waals surface area (Å²) in [5.41, 5.74) is 2.28. The molecule has 6 nitrogen and oxygen atoms in total. The molecule has 0 fully saturated rings. The topological polar surface area (TPSA) is 75.6 Å². The molecular weight excluding hydrogens is 371 g/mol. The number of rotatable bonds is 4. The molecule has 8 heteroatoms. The van der Waals surface area contributed by atoms with Crippen LogP contribution in [-0.2, 0) is 0 Å². The Morgan fingerprint density at radius 1 is 0.885 bits per heavy atom. The van der Waals surface area contributed by atoms with Gasteiger partial charge in [-0.1, -0.05) is 41.4 Å². The molecule has 4 aromatic rings. The number of nitrogens with zero attached hydrogens (tertiary/aromatic N) is 4. The number of para-hydroxylation sites is 1. The molecule has 2 heterocycles. The van der Waals surface area contributed by atoms with Crippen LogP contribution in [0.5, 0.6) is 0 Å². The van der Waals surface area contributed by atoms with Gasteiger partial charge in [-0.05, 0) is 30.3 Å². The molecule has 4 rings (SSSR count). The van der Waals surface area contributed by atoms with E-state index in [1.165, 1.54) is 6.20 Å². The molecule has 0 spiro atoms. The Labute approximate surface area is 159 Å². The molecular formula is C18H12Cl2N6. The third-order valence-electron chi connectivity index (χ3n) is 3.63. The van der Waals surface area contributed by atoms with Gasteiger partial charge in [0.25, 0.3) is 0 Å². The number of halogens is 2. The van der Waals surface area contributed by atoms with Crippen molar-refractivity contribution in [1.82, 2.24) is 20.2 Å². The van der Waals surface area contributed by atoms with E-state index in [2.05, 4.69) is 30.8 Å². The minimum absolute atomic E-state index is 0.298. The van der Waals surface area contributed by atoms with Crippen molar-refractivity contribution in [3.8, 4) is 0 Å². The Balaban J connectivity index is 1.62. The lowest BCUT2D eigenvalue weighted by molar-refractivity contribution is 0.982. The van der Waals surface area contributed by atoms with E-state index in [1.807, 2.05) is 30.3 Å². The summed E-state index contributed by atoms with van der Waals surface area (Å²) >= 11 is 12.2. The van der Waals surface area contributed by atoms with Crippen molar-refractivity contribution in [1.29, 1.82) is 0 Å². The van der Waals surface area contributed by atoms with E-state index in [4.69, 9.17) is 23.2 Å². The predicted octanol–water partition coefficient (Wildman–Crippen LogP) is 5.21. The van der Waals surface area contributed by atoms with E-state index in [1.54, 1.807) is 24.4 Å². The first-order chi connectivity index (χ1) is 12.7. The molecule has 0 atom stereocenters. The molecule has 0 saturated heterocycles. The monoisotopic (exact) mass is 382 g/mol. The zero-order valence-electron chi connectivity index (χ0n) is 13.3. The second kappa shape index (κ2) is 7.11. The van der Waals surface area contributed by atoms with E-state index in [0.29, 0.717) is 27.5 Å². The van der Waals surface area contributed by atoms with Crippen molar-refractivity contribution in [2.75, 3.05) is 10.6 Å². The number of aromatic nitrogens is 4. The van der Waals surface area contributed by atoms with Crippen LogP contribution in [0.15, 0.2) is 60.9 Å². The molecule has 0 bridgehead atoms. The van der Waals surface area contributed by atoms with Crippen molar-refractivity contribution in [2.24, 2.45) is 0 Å². The molecule has 0 saturated carbocycles. The van der Waals surface area contributed by atoms with Gasteiger partial charge in [-0.2, -0.15) is 10.1 Å².